The Hall–Kier alpha value is -3.02. The molecule has 0 radical (unpaired) electrons. The summed E-state index contributed by atoms with van der Waals surface area (Å²) in [4.78, 5) is 17.2. The van der Waals surface area contributed by atoms with Crippen LogP contribution < -0.4 is 14.8 Å². The Labute approximate surface area is 152 Å². The number of amides is 1. The van der Waals surface area contributed by atoms with Gasteiger partial charge in [0.1, 0.15) is 11.4 Å². The lowest BCUT2D eigenvalue weighted by atomic mass is 10.2. The van der Waals surface area contributed by atoms with Crippen LogP contribution in [0.25, 0.3) is 5.65 Å². The summed E-state index contributed by atoms with van der Waals surface area (Å²) in [6.45, 7) is 6.67. The molecule has 0 spiro atoms. The fraction of sp³-hybridized carbons (Fsp3) is 0.300. The van der Waals surface area contributed by atoms with Gasteiger partial charge in [-0.3, -0.25) is 9.20 Å². The van der Waals surface area contributed by atoms with Gasteiger partial charge in [-0.05, 0) is 49.2 Å². The molecule has 3 aromatic rings. The summed E-state index contributed by atoms with van der Waals surface area (Å²) in [7, 11) is 1.59. The molecular weight excluding hydrogens is 330 g/mol. The van der Waals surface area contributed by atoms with Crippen molar-refractivity contribution in [3.05, 3.63) is 54.0 Å². The molecule has 0 bridgehead atoms. The van der Waals surface area contributed by atoms with Gasteiger partial charge in [0.2, 0.25) is 0 Å². The van der Waals surface area contributed by atoms with Crippen molar-refractivity contribution in [3.8, 4) is 11.5 Å². The van der Waals surface area contributed by atoms with E-state index in [2.05, 4.69) is 24.1 Å². The normalized spacial score (nSPS) is 11.0. The highest BCUT2D eigenvalue weighted by Crippen LogP contribution is 2.23. The molecule has 0 atom stereocenters. The molecule has 2 aromatic heterocycles. The van der Waals surface area contributed by atoms with Crippen LogP contribution in [-0.2, 0) is 0 Å². The van der Waals surface area contributed by atoms with Crippen LogP contribution in [0, 0.1) is 12.8 Å². The highest BCUT2D eigenvalue weighted by molar-refractivity contribution is 6.04. The fourth-order valence-electron chi connectivity index (χ4n) is 2.68. The number of ether oxygens (including phenoxy) is 2. The molecule has 0 saturated carbocycles. The number of aromatic nitrogens is 2. The number of methoxy groups -OCH3 is 1. The second kappa shape index (κ2) is 7.47. The smallest absolute Gasteiger partial charge is 0.274 e. The Bertz CT molecular complexity index is 914. The maximum absolute atomic E-state index is 12.8. The number of fused-ring (bicyclic) bond motifs is 1. The zero-order valence-corrected chi connectivity index (χ0v) is 15.4. The van der Waals surface area contributed by atoms with E-state index in [4.69, 9.17) is 9.47 Å². The number of pyridine rings is 1. The Morgan fingerprint density at radius 3 is 2.62 bits per heavy atom. The molecule has 0 aliphatic rings. The van der Waals surface area contributed by atoms with Crippen LogP contribution in [0.2, 0.25) is 0 Å². The first-order valence-corrected chi connectivity index (χ1v) is 8.55. The number of hydrogen-bond acceptors (Lipinski definition) is 4. The molecule has 0 aliphatic carbocycles. The number of carbonyl (C=O) groups is 1. The van der Waals surface area contributed by atoms with Gasteiger partial charge in [-0.1, -0.05) is 13.8 Å². The Morgan fingerprint density at radius 2 is 1.96 bits per heavy atom. The summed E-state index contributed by atoms with van der Waals surface area (Å²) in [6, 6.07) is 11.0. The van der Waals surface area contributed by atoms with E-state index in [1.54, 1.807) is 17.7 Å². The maximum Gasteiger partial charge on any atom is 0.274 e. The minimum atomic E-state index is -0.223. The zero-order chi connectivity index (χ0) is 18.7. The quantitative estimate of drug-likeness (QED) is 0.729. The minimum Gasteiger partial charge on any atom is -0.493 e. The predicted molar refractivity (Wildman–Crippen MR) is 101 cm³/mol. The molecule has 26 heavy (non-hydrogen) atoms. The number of carbonyl (C=O) groups excluding carboxylic acids is 1. The summed E-state index contributed by atoms with van der Waals surface area (Å²) in [5.74, 6) is 1.65. The predicted octanol–water partition coefficient (Wildman–Crippen LogP) is 3.94. The Morgan fingerprint density at radius 1 is 1.23 bits per heavy atom. The van der Waals surface area contributed by atoms with Crippen molar-refractivity contribution in [1.82, 2.24) is 9.38 Å². The van der Waals surface area contributed by atoms with E-state index in [9.17, 15) is 4.79 Å². The maximum atomic E-state index is 12.8. The van der Waals surface area contributed by atoms with Gasteiger partial charge in [-0.25, -0.2) is 4.98 Å². The summed E-state index contributed by atoms with van der Waals surface area (Å²) < 4.78 is 12.7. The summed E-state index contributed by atoms with van der Waals surface area (Å²) >= 11 is 0. The molecule has 1 amide bonds. The monoisotopic (exact) mass is 353 g/mol. The molecular formula is C20H23N3O3. The summed E-state index contributed by atoms with van der Waals surface area (Å²) in [5, 5.41) is 2.91. The van der Waals surface area contributed by atoms with Crippen LogP contribution in [0.15, 0.2) is 42.6 Å². The van der Waals surface area contributed by atoms with Gasteiger partial charge in [0.15, 0.2) is 11.4 Å². The number of anilines is 1. The van der Waals surface area contributed by atoms with E-state index < -0.39 is 0 Å². The first-order chi connectivity index (χ1) is 12.5. The molecule has 1 aromatic carbocycles. The van der Waals surface area contributed by atoms with Crippen LogP contribution >= 0.6 is 0 Å². The van der Waals surface area contributed by atoms with Gasteiger partial charge >= 0.3 is 0 Å². The lowest BCUT2D eigenvalue weighted by molar-refractivity contribution is 0.102. The number of nitrogens with one attached hydrogen (secondary N) is 1. The third kappa shape index (κ3) is 3.64. The molecule has 0 saturated heterocycles. The molecule has 2 heterocycles. The Balaban J connectivity index is 1.80. The van der Waals surface area contributed by atoms with Gasteiger partial charge < -0.3 is 14.8 Å². The standard InChI is InChI=1S/C20H23N3O3/c1-13(2)12-26-16-9-7-15(8-10-16)22-20(24)18-14(3)21-19-17(25-4)6-5-11-23(18)19/h5-11,13H,12H2,1-4H3,(H,22,24). The molecule has 6 nitrogen and oxygen atoms in total. The summed E-state index contributed by atoms with van der Waals surface area (Å²) in [6.07, 6.45) is 1.80. The topological polar surface area (TPSA) is 64.9 Å². The highest BCUT2D eigenvalue weighted by Gasteiger charge is 2.18. The van der Waals surface area contributed by atoms with Crippen LogP contribution in [-0.4, -0.2) is 29.0 Å². The van der Waals surface area contributed by atoms with Crippen molar-refractivity contribution in [2.45, 2.75) is 20.8 Å². The molecule has 0 aliphatic heterocycles. The largest absolute Gasteiger partial charge is 0.493 e. The lowest BCUT2D eigenvalue weighted by Crippen LogP contribution is -2.15. The van der Waals surface area contributed by atoms with E-state index in [1.807, 2.05) is 43.3 Å². The first kappa shape index (κ1) is 17.8. The number of imidazole rings is 1. The number of rotatable bonds is 6. The van der Waals surface area contributed by atoms with Crippen molar-refractivity contribution in [2.24, 2.45) is 5.92 Å². The SMILES string of the molecule is COc1cccn2c(C(=O)Nc3ccc(OCC(C)C)cc3)c(C)nc12. The fourth-order valence-corrected chi connectivity index (χ4v) is 2.68. The number of nitrogens with zero attached hydrogens (tertiary/aromatic N) is 2. The van der Waals surface area contributed by atoms with Crippen LogP contribution in [0.3, 0.4) is 0 Å². The first-order valence-electron chi connectivity index (χ1n) is 8.55. The van der Waals surface area contributed by atoms with E-state index in [1.165, 1.54) is 0 Å². The van der Waals surface area contributed by atoms with E-state index in [0.29, 0.717) is 41.0 Å². The second-order valence-corrected chi connectivity index (χ2v) is 6.50. The Kier molecular flexibility index (Phi) is 5.11. The average Bonchev–Trinajstić information content (AvgIpc) is 2.96. The van der Waals surface area contributed by atoms with Gasteiger partial charge in [-0.2, -0.15) is 0 Å². The number of benzene rings is 1. The van der Waals surface area contributed by atoms with Gasteiger partial charge in [0.05, 0.1) is 19.4 Å². The zero-order valence-electron chi connectivity index (χ0n) is 15.4. The molecule has 3 rings (SSSR count). The minimum absolute atomic E-state index is 0.223. The van der Waals surface area contributed by atoms with Crippen molar-refractivity contribution in [1.29, 1.82) is 0 Å². The molecule has 0 fully saturated rings. The van der Waals surface area contributed by atoms with Crippen molar-refractivity contribution in [2.75, 3.05) is 19.0 Å². The number of aryl methyl sites for hydroxylation is 1. The summed E-state index contributed by atoms with van der Waals surface area (Å²) in [5.41, 5.74) is 2.45. The van der Waals surface area contributed by atoms with Gasteiger partial charge in [0, 0.05) is 11.9 Å². The molecule has 136 valence electrons. The lowest BCUT2D eigenvalue weighted by Gasteiger charge is -2.10. The third-order valence-electron chi connectivity index (χ3n) is 3.92. The average molecular weight is 353 g/mol. The van der Waals surface area contributed by atoms with E-state index in [0.717, 1.165) is 5.75 Å². The van der Waals surface area contributed by atoms with Crippen molar-refractivity contribution >= 4 is 17.2 Å². The van der Waals surface area contributed by atoms with Crippen LogP contribution in [0.4, 0.5) is 5.69 Å². The van der Waals surface area contributed by atoms with E-state index in [-0.39, 0.29) is 5.91 Å². The molecule has 6 heteroatoms. The van der Waals surface area contributed by atoms with Crippen molar-refractivity contribution < 1.29 is 14.3 Å². The second-order valence-electron chi connectivity index (χ2n) is 6.50. The van der Waals surface area contributed by atoms with Crippen LogP contribution in [0.1, 0.15) is 30.0 Å². The number of hydrogen-bond donors (Lipinski definition) is 1. The molecule has 0 unspecified atom stereocenters. The highest BCUT2D eigenvalue weighted by atomic mass is 16.5. The van der Waals surface area contributed by atoms with Gasteiger partial charge in [-0.15, -0.1) is 0 Å². The van der Waals surface area contributed by atoms with Crippen LogP contribution in [0.5, 0.6) is 11.5 Å². The van der Waals surface area contributed by atoms with Crippen molar-refractivity contribution in [3.63, 3.8) is 0 Å². The molecule has 1 N–H and O–H groups in total. The van der Waals surface area contributed by atoms with E-state index >= 15 is 0 Å². The van der Waals surface area contributed by atoms with Gasteiger partial charge in [0.25, 0.3) is 5.91 Å². The third-order valence-corrected chi connectivity index (χ3v) is 3.92.